The average molecular weight is 302 g/mol. The normalized spacial score (nSPS) is 17.1. The van der Waals surface area contributed by atoms with E-state index in [2.05, 4.69) is 4.72 Å². The number of rotatable bonds is 7. The maximum Gasteiger partial charge on any atom is 0.240 e. The third kappa shape index (κ3) is 3.47. The molecule has 0 bridgehead atoms. The fourth-order valence-electron chi connectivity index (χ4n) is 2.03. The second kappa shape index (κ2) is 5.67. The Morgan fingerprint density at radius 3 is 2.70 bits per heavy atom. The van der Waals surface area contributed by atoms with E-state index in [-0.39, 0.29) is 16.0 Å². The molecule has 1 fully saturated rings. The third-order valence-electron chi connectivity index (χ3n) is 3.71. The molecule has 0 amide bonds. The molecule has 112 valence electrons. The molecular weight excluding hydrogens is 283 g/mol. The molecule has 2 rings (SSSR count). The summed E-state index contributed by atoms with van der Waals surface area (Å²) in [5.41, 5.74) is 5.23. The van der Waals surface area contributed by atoms with Gasteiger partial charge in [0.2, 0.25) is 10.0 Å². The van der Waals surface area contributed by atoms with Crippen molar-refractivity contribution in [2.45, 2.75) is 24.2 Å². The van der Waals surface area contributed by atoms with E-state index in [0.29, 0.717) is 13.2 Å². The van der Waals surface area contributed by atoms with Crippen LogP contribution in [0.15, 0.2) is 23.1 Å². The monoisotopic (exact) mass is 302 g/mol. The summed E-state index contributed by atoms with van der Waals surface area (Å²) >= 11 is 0. The second-order valence-corrected chi connectivity index (χ2v) is 7.02. The number of benzene rings is 1. The highest BCUT2D eigenvalue weighted by Crippen LogP contribution is 2.48. The number of halogens is 1. The molecule has 7 heteroatoms. The molecule has 1 aliphatic rings. The van der Waals surface area contributed by atoms with Crippen LogP contribution in [0.2, 0.25) is 0 Å². The molecule has 0 aromatic heterocycles. The Morgan fingerprint density at radius 1 is 1.45 bits per heavy atom. The first-order valence-electron chi connectivity index (χ1n) is 6.42. The van der Waals surface area contributed by atoms with Crippen LogP contribution in [0.5, 0.6) is 0 Å². The fraction of sp³-hybridized carbons (Fsp3) is 0.538. The Balaban J connectivity index is 2.02. The van der Waals surface area contributed by atoms with E-state index in [1.807, 2.05) is 0 Å². The lowest BCUT2D eigenvalue weighted by Gasteiger charge is -2.15. The van der Waals surface area contributed by atoms with Crippen molar-refractivity contribution in [1.29, 1.82) is 0 Å². The Labute approximate surface area is 118 Å². The van der Waals surface area contributed by atoms with Crippen molar-refractivity contribution in [2.75, 3.05) is 26.0 Å². The van der Waals surface area contributed by atoms with E-state index in [9.17, 15) is 12.8 Å². The average Bonchev–Trinajstić information content (AvgIpc) is 3.18. The van der Waals surface area contributed by atoms with E-state index >= 15 is 0 Å². The number of anilines is 1. The topological polar surface area (TPSA) is 81.4 Å². The standard InChI is InChI=1S/C13H19FN2O3S/c1-19-7-6-13(4-5-13)9-16-20(17,18)10-2-3-11(14)12(15)8-10/h2-3,8,16H,4-7,9,15H2,1H3. The number of ether oxygens (including phenoxy) is 1. The van der Waals surface area contributed by atoms with Crippen molar-refractivity contribution in [3.8, 4) is 0 Å². The Bertz CT molecular complexity index is 585. The Kier molecular flexibility index (Phi) is 4.31. The molecule has 5 nitrogen and oxygen atoms in total. The highest BCUT2D eigenvalue weighted by atomic mass is 32.2. The van der Waals surface area contributed by atoms with Gasteiger partial charge >= 0.3 is 0 Å². The summed E-state index contributed by atoms with van der Waals surface area (Å²) < 4.78 is 44.9. The number of sulfonamides is 1. The summed E-state index contributed by atoms with van der Waals surface area (Å²) in [6.07, 6.45) is 2.81. The molecule has 1 aliphatic carbocycles. The van der Waals surface area contributed by atoms with Gasteiger partial charge in [-0.2, -0.15) is 0 Å². The lowest BCUT2D eigenvalue weighted by atomic mass is 10.0. The number of methoxy groups -OCH3 is 1. The maximum absolute atomic E-state index is 13.1. The Hall–Kier alpha value is -1.18. The van der Waals surface area contributed by atoms with Crippen LogP contribution in [0.3, 0.4) is 0 Å². The van der Waals surface area contributed by atoms with Crippen LogP contribution < -0.4 is 10.5 Å². The summed E-state index contributed by atoms with van der Waals surface area (Å²) in [5.74, 6) is -0.622. The van der Waals surface area contributed by atoms with Crippen LogP contribution in [0.1, 0.15) is 19.3 Å². The van der Waals surface area contributed by atoms with Gasteiger partial charge in [-0.15, -0.1) is 0 Å². The number of nitrogens with two attached hydrogens (primary N) is 1. The van der Waals surface area contributed by atoms with E-state index in [0.717, 1.165) is 31.4 Å². The molecule has 0 radical (unpaired) electrons. The van der Waals surface area contributed by atoms with Crippen LogP contribution in [-0.2, 0) is 14.8 Å². The minimum atomic E-state index is -3.66. The molecule has 1 saturated carbocycles. The van der Waals surface area contributed by atoms with Crippen LogP contribution in [0.25, 0.3) is 0 Å². The number of hydrogen-bond acceptors (Lipinski definition) is 4. The Morgan fingerprint density at radius 2 is 2.15 bits per heavy atom. The van der Waals surface area contributed by atoms with Crippen LogP contribution in [-0.4, -0.2) is 28.7 Å². The number of hydrogen-bond donors (Lipinski definition) is 2. The molecule has 0 spiro atoms. The zero-order valence-electron chi connectivity index (χ0n) is 11.4. The van der Waals surface area contributed by atoms with E-state index in [1.54, 1.807) is 7.11 Å². The molecule has 0 heterocycles. The molecule has 1 aromatic carbocycles. The molecule has 0 atom stereocenters. The summed E-state index contributed by atoms with van der Waals surface area (Å²) in [6.45, 7) is 0.987. The van der Waals surface area contributed by atoms with Gasteiger partial charge in [0, 0.05) is 20.3 Å². The molecule has 0 saturated heterocycles. The third-order valence-corrected chi connectivity index (χ3v) is 5.11. The maximum atomic E-state index is 13.1. The van der Waals surface area contributed by atoms with Gasteiger partial charge in [-0.25, -0.2) is 17.5 Å². The molecule has 1 aromatic rings. The molecule has 3 N–H and O–H groups in total. The van der Waals surface area contributed by atoms with Crippen LogP contribution in [0, 0.1) is 11.2 Å². The molecule has 20 heavy (non-hydrogen) atoms. The molecule has 0 unspecified atom stereocenters. The molecular formula is C13H19FN2O3S. The van der Waals surface area contributed by atoms with Gasteiger partial charge in [-0.3, -0.25) is 0 Å². The van der Waals surface area contributed by atoms with Crippen molar-refractivity contribution >= 4 is 15.7 Å². The zero-order chi connectivity index (χ0) is 14.8. The van der Waals surface area contributed by atoms with Crippen LogP contribution >= 0.6 is 0 Å². The zero-order valence-corrected chi connectivity index (χ0v) is 12.2. The lowest BCUT2D eigenvalue weighted by Crippen LogP contribution is -2.31. The van der Waals surface area contributed by atoms with Gasteiger partial charge in [0.1, 0.15) is 5.82 Å². The van der Waals surface area contributed by atoms with Crippen LogP contribution in [0.4, 0.5) is 10.1 Å². The first-order chi connectivity index (χ1) is 9.38. The SMILES string of the molecule is COCCC1(CNS(=O)(=O)c2ccc(F)c(N)c2)CC1. The van der Waals surface area contributed by atoms with Gasteiger partial charge in [0.05, 0.1) is 10.6 Å². The second-order valence-electron chi connectivity index (χ2n) is 5.25. The van der Waals surface area contributed by atoms with Crippen molar-refractivity contribution in [3.05, 3.63) is 24.0 Å². The number of nitrogen functional groups attached to an aromatic ring is 1. The lowest BCUT2D eigenvalue weighted by molar-refractivity contribution is 0.173. The van der Waals surface area contributed by atoms with Crippen molar-refractivity contribution in [2.24, 2.45) is 5.41 Å². The minimum Gasteiger partial charge on any atom is -0.396 e. The highest BCUT2D eigenvalue weighted by Gasteiger charge is 2.42. The van der Waals surface area contributed by atoms with Crippen molar-refractivity contribution < 1.29 is 17.5 Å². The predicted molar refractivity (Wildman–Crippen MR) is 74.2 cm³/mol. The van der Waals surface area contributed by atoms with E-state index in [4.69, 9.17) is 10.5 Å². The minimum absolute atomic E-state index is 0.00859. The first-order valence-corrected chi connectivity index (χ1v) is 7.91. The van der Waals surface area contributed by atoms with Gasteiger partial charge in [-0.1, -0.05) is 0 Å². The smallest absolute Gasteiger partial charge is 0.240 e. The molecule has 0 aliphatic heterocycles. The quantitative estimate of drug-likeness (QED) is 0.748. The highest BCUT2D eigenvalue weighted by molar-refractivity contribution is 7.89. The van der Waals surface area contributed by atoms with Gasteiger partial charge in [-0.05, 0) is 42.9 Å². The summed E-state index contributed by atoms with van der Waals surface area (Å²) in [6, 6.07) is 3.40. The summed E-state index contributed by atoms with van der Waals surface area (Å²) in [7, 11) is -2.03. The summed E-state index contributed by atoms with van der Waals surface area (Å²) in [5, 5.41) is 0. The van der Waals surface area contributed by atoms with Crippen molar-refractivity contribution in [1.82, 2.24) is 4.72 Å². The number of nitrogens with one attached hydrogen (secondary N) is 1. The van der Waals surface area contributed by atoms with Gasteiger partial charge < -0.3 is 10.5 Å². The first kappa shape index (κ1) is 15.2. The predicted octanol–water partition coefficient (Wildman–Crippen LogP) is 1.50. The van der Waals surface area contributed by atoms with Gasteiger partial charge in [0.25, 0.3) is 0 Å². The largest absolute Gasteiger partial charge is 0.396 e. The fourth-order valence-corrected chi connectivity index (χ4v) is 3.22. The van der Waals surface area contributed by atoms with E-state index < -0.39 is 15.8 Å². The van der Waals surface area contributed by atoms with Gasteiger partial charge in [0.15, 0.2) is 0 Å². The van der Waals surface area contributed by atoms with E-state index in [1.165, 1.54) is 6.07 Å². The summed E-state index contributed by atoms with van der Waals surface area (Å²) in [4.78, 5) is -0.0149. The van der Waals surface area contributed by atoms with Crippen molar-refractivity contribution in [3.63, 3.8) is 0 Å².